The van der Waals surface area contributed by atoms with Crippen molar-refractivity contribution in [1.29, 1.82) is 0 Å². The maximum absolute atomic E-state index is 11.7. The molecule has 0 bridgehead atoms. The normalized spacial score (nSPS) is 12.6. The fraction of sp³-hybridized carbons (Fsp3) is 0.292. The molecule has 0 saturated carbocycles. The van der Waals surface area contributed by atoms with Crippen LogP contribution in [0, 0.1) is 6.92 Å². The third-order valence-corrected chi connectivity index (χ3v) is 6.65. The summed E-state index contributed by atoms with van der Waals surface area (Å²) >= 11 is 1.51. The summed E-state index contributed by atoms with van der Waals surface area (Å²) in [6.07, 6.45) is 8.22. The Morgan fingerprint density at radius 1 is 1.21 bits per heavy atom. The number of hydrogen-bond acceptors (Lipinski definition) is 7. The van der Waals surface area contributed by atoms with Crippen LogP contribution in [-0.2, 0) is 17.6 Å². The summed E-state index contributed by atoms with van der Waals surface area (Å²) in [6, 6.07) is 6.05. The number of rotatable bonds is 5. The minimum Gasteiger partial charge on any atom is -0.370 e. The molecule has 0 spiro atoms. The van der Waals surface area contributed by atoms with Gasteiger partial charge in [-0.15, -0.1) is 0 Å². The van der Waals surface area contributed by atoms with Crippen molar-refractivity contribution in [2.75, 3.05) is 17.2 Å². The zero-order valence-corrected chi connectivity index (χ0v) is 19.7. The Kier molecular flexibility index (Phi) is 5.63. The van der Waals surface area contributed by atoms with Gasteiger partial charge in [0.15, 0.2) is 5.13 Å². The van der Waals surface area contributed by atoms with Gasteiger partial charge < -0.3 is 10.6 Å². The number of carbonyl (C=O) groups is 1. The zero-order chi connectivity index (χ0) is 22.9. The lowest BCUT2D eigenvalue weighted by Gasteiger charge is -2.09. The highest BCUT2D eigenvalue weighted by Gasteiger charge is 2.29. The number of fused-ring (bicyclic) bond motifs is 3. The predicted molar refractivity (Wildman–Crippen MR) is 131 cm³/mol. The maximum atomic E-state index is 11.7. The van der Waals surface area contributed by atoms with Gasteiger partial charge in [0.05, 0.1) is 27.6 Å². The third kappa shape index (κ3) is 4.00. The second kappa shape index (κ2) is 8.74. The molecule has 1 amide bonds. The average molecular weight is 460 g/mol. The molecule has 0 fully saturated rings. The number of aryl methyl sites for hydroxylation is 2. The first-order valence-corrected chi connectivity index (χ1v) is 11.9. The Morgan fingerprint density at radius 3 is 2.82 bits per heavy atom. The van der Waals surface area contributed by atoms with E-state index < -0.39 is 0 Å². The quantitative estimate of drug-likeness (QED) is 0.451. The first kappa shape index (κ1) is 21.3. The largest absolute Gasteiger partial charge is 0.370 e. The molecular weight excluding hydrogens is 434 g/mol. The smallest absolute Gasteiger partial charge is 0.223 e. The first-order valence-electron chi connectivity index (χ1n) is 11.1. The highest BCUT2D eigenvalue weighted by atomic mass is 32.1. The summed E-state index contributed by atoms with van der Waals surface area (Å²) in [5, 5.41) is 11.8. The molecule has 4 heterocycles. The second-order valence-electron chi connectivity index (χ2n) is 8.04. The van der Waals surface area contributed by atoms with Crippen molar-refractivity contribution in [3.63, 3.8) is 0 Å². The van der Waals surface area contributed by atoms with Gasteiger partial charge in [-0.3, -0.25) is 9.78 Å². The molecular formula is C24H25N7OS. The molecule has 168 valence electrons. The number of thiazole rings is 1. The van der Waals surface area contributed by atoms with Crippen molar-refractivity contribution in [3.8, 4) is 27.5 Å². The van der Waals surface area contributed by atoms with Gasteiger partial charge in [0.25, 0.3) is 0 Å². The molecule has 1 aliphatic carbocycles. The van der Waals surface area contributed by atoms with Gasteiger partial charge in [0.2, 0.25) is 5.91 Å². The predicted octanol–water partition coefficient (Wildman–Crippen LogP) is 4.64. The standard InChI is InChI=1S/C24H25N7OS/c1-4-26-20-9-8-16(13-27-20)21-17-6-5-7-18-23(33-24(29-18)28-15(3)32)22(17)31(30-21)19-10-11-25-12-14(19)2/h8-13H,4-7H2,1-3H3,(H,26,27)(H,28,29,32). The number of pyridine rings is 2. The van der Waals surface area contributed by atoms with Crippen molar-refractivity contribution < 1.29 is 4.79 Å². The summed E-state index contributed by atoms with van der Waals surface area (Å²) in [4.78, 5) is 26.3. The molecule has 0 aromatic carbocycles. The summed E-state index contributed by atoms with van der Waals surface area (Å²) in [7, 11) is 0. The number of aromatic nitrogens is 5. The second-order valence-corrected chi connectivity index (χ2v) is 9.04. The number of nitrogens with one attached hydrogen (secondary N) is 2. The molecule has 0 atom stereocenters. The minimum atomic E-state index is -0.120. The Balaban J connectivity index is 1.73. The van der Waals surface area contributed by atoms with Gasteiger partial charge in [-0.1, -0.05) is 11.3 Å². The number of carbonyl (C=O) groups excluding carboxylic acids is 1. The first-order chi connectivity index (χ1) is 16.0. The van der Waals surface area contributed by atoms with E-state index in [1.807, 2.05) is 36.1 Å². The Bertz CT molecular complexity index is 1320. The molecule has 0 saturated heterocycles. The van der Waals surface area contributed by atoms with Crippen LogP contribution in [0.15, 0.2) is 36.8 Å². The van der Waals surface area contributed by atoms with Crippen molar-refractivity contribution >= 4 is 28.2 Å². The van der Waals surface area contributed by atoms with E-state index in [0.717, 1.165) is 70.4 Å². The monoisotopic (exact) mass is 459 g/mol. The molecule has 8 nitrogen and oxygen atoms in total. The molecule has 1 aliphatic rings. The van der Waals surface area contributed by atoms with Crippen LogP contribution in [0.2, 0.25) is 0 Å². The molecule has 0 unspecified atom stereocenters. The van der Waals surface area contributed by atoms with E-state index >= 15 is 0 Å². The van der Waals surface area contributed by atoms with Gasteiger partial charge in [-0.05, 0) is 56.9 Å². The summed E-state index contributed by atoms with van der Waals surface area (Å²) in [6.45, 7) is 6.42. The lowest BCUT2D eigenvalue weighted by atomic mass is 10.0. The molecule has 4 aromatic heterocycles. The van der Waals surface area contributed by atoms with Crippen LogP contribution in [0.1, 0.15) is 37.1 Å². The summed E-state index contributed by atoms with van der Waals surface area (Å²) in [5.74, 6) is 0.728. The Labute approximate surface area is 196 Å². The van der Waals surface area contributed by atoms with Crippen LogP contribution < -0.4 is 10.6 Å². The van der Waals surface area contributed by atoms with Gasteiger partial charge in [0.1, 0.15) is 5.82 Å². The maximum Gasteiger partial charge on any atom is 0.223 e. The van der Waals surface area contributed by atoms with Crippen molar-refractivity contribution in [3.05, 3.63) is 53.6 Å². The van der Waals surface area contributed by atoms with Crippen LogP contribution in [0.25, 0.3) is 27.5 Å². The molecule has 33 heavy (non-hydrogen) atoms. The van der Waals surface area contributed by atoms with E-state index in [4.69, 9.17) is 10.1 Å². The van der Waals surface area contributed by atoms with E-state index in [1.54, 1.807) is 6.20 Å². The number of anilines is 2. The fourth-order valence-electron chi connectivity index (χ4n) is 4.19. The van der Waals surface area contributed by atoms with Crippen molar-refractivity contribution in [1.82, 2.24) is 24.7 Å². The Morgan fingerprint density at radius 2 is 2.09 bits per heavy atom. The van der Waals surface area contributed by atoms with E-state index in [9.17, 15) is 4.79 Å². The Hall–Kier alpha value is -3.59. The molecule has 5 rings (SSSR count). The number of amides is 1. The summed E-state index contributed by atoms with van der Waals surface area (Å²) < 4.78 is 2.01. The minimum absolute atomic E-state index is 0.120. The fourth-order valence-corrected chi connectivity index (χ4v) is 5.31. The summed E-state index contributed by atoms with van der Waals surface area (Å²) in [5.41, 5.74) is 7.15. The highest BCUT2D eigenvalue weighted by molar-refractivity contribution is 7.19. The van der Waals surface area contributed by atoms with E-state index in [2.05, 4.69) is 33.6 Å². The van der Waals surface area contributed by atoms with Gasteiger partial charge in [-0.2, -0.15) is 5.10 Å². The lowest BCUT2D eigenvalue weighted by molar-refractivity contribution is -0.114. The SMILES string of the molecule is CCNc1ccc(-c2nn(-c3ccncc3C)c3c2CCCc2nc(NC(C)=O)sc2-3)cn1. The third-order valence-electron chi connectivity index (χ3n) is 5.63. The molecule has 9 heteroatoms. The van der Waals surface area contributed by atoms with Crippen molar-refractivity contribution in [2.24, 2.45) is 0 Å². The molecule has 4 aromatic rings. The van der Waals surface area contributed by atoms with Gasteiger partial charge >= 0.3 is 0 Å². The van der Waals surface area contributed by atoms with Crippen LogP contribution in [-0.4, -0.2) is 37.2 Å². The van der Waals surface area contributed by atoms with Crippen LogP contribution in [0.4, 0.5) is 10.9 Å². The topological polar surface area (TPSA) is 97.6 Å². The van der Waals surface area contributed by atoms with E-state index in [1.165, 1.54) is 23.8 Å². The number of hydrogen-bond donors (Lipinski definition) is 2. The lowest BCUT2D eigenvalue weighted by Crippen LogP contribution is -2.05. The van der Waals surface area contributed by atoms with E-state index in [-0.39, 0.29) is 5.91 Å². The van der Waals surface area contributed by atoms with Crippen LogP contribution >= 0.6 is 11.3 Å². The molecule has 2 N–H and O–H groups in total. The molecule has 0 aliphatic heterocycles. The molecule has 0 radical (unpaired) electrons. The van der Waals surface area contributed by atoms with Crippen LogP contribution in [0.5, 0.6) is 0 Å². The zero-order valence-electron chi connectivity index (χ0n) is 18.8. The van der Waals surface area contributed by atoms with Crippen molar-refractivity contribution in [2.45, 2.75) is 40.0 Å². The average Bonchev–Trinajstić information content (AvgIpc) is 3.31. The van der Waals surface area contributed by atoms with Gasteiger partial charge in [0, 0.05) is 43.2 Å². The van der Waals surface area contributed by atoms with Gasteiger partial charge in [-0.25, -0.2) is 14.6 Å². The number of nitrogens with zero attached hydrogens (tertiary/aromatic N) is 5. The van der Waals surface area contributed by atoms with E-state index in [0.29, 0.717) is 5.13 Å². The van der Waals surface area contributed by atoms with Crippen LogP contribution in [0.3, 0.4) is 0 Å². The highest BCUT2D eigenvalue weighted by Crippen LogP contribution is 2.43.